The van der Waals surface area contributed by atoms with Gasteiger partial charge in [0.15, 0.2) is 0 Å². The number of hydrogen-bond acceptors (Lipinski definition) is 4. The number of likely N-dealkylation sites (tertiary alicyclic amines) is 1. The number of benzene rings is 1. The Morgan fingerprint density at radius 2 is 1.61 bits per heavy atom. The molecule has 1 aromatic rings. The van der Waals surface area contributed by atoms with Crippen LogP contribution in [-0.4, -0.2) is 59.4 Å². The Morgan fingerprint density at radius 1 is 0.955 bits per heavy atom. The largest absolute Gasteiger partial charge is 0.509 e. The van der Waals surface area contributed by atoms with Crippen LogP contribution in [0.15, 0.2) is 24.3 Å². The van der Waals surface area contributed by atoms with E-state index in [9.17, 15) is 28.0 Å². The summed E-state index contributed by atoms with van der Waals surface area (Å²) in [6.07, 6.45) is 10.6. The van der Waals surface area contributed by atoms with Gasteiger partial charge in [-0.05, 0) is 116 Å². The molecule has 9 heteroatoms. The second kappa shape index (κ2) is 12.1. The second-order valence-corrected chi connectivity index (χ2v) is 15.8. The van der Waals surface area contributed by atoms with Crippen LogP contribution < -0.4 is 10.2 Å². The van der Waals surface area contributed by atoms with Gasteiger partial charge in [0.25, 0.3) is 0 Å². The Morgan fingerprint density at radius 3 is 2.30 bits per heavy atom. The number of ether oxygens (including phenoxy) is 1. The zero-order chi connectivity index (χ0) is 31.4. The van der Waals surface area contributed by atoms with E-state index in [1.165, 1.54) is 37.8 Å². The molecule has 1 aromatic carbocycles. The van der Waals surface area contributed by atoms with Gasteiger partial charge < -0.3 is 32.8 Å². The van der Waals surface area contributed by atoms with Crippen LogP contribution in [0.5, 0.6) is 5.75 Å². The lowest BCUT2D eigenvalue weighted by molar-refractivity contribution is -0.174. The van der Waals surface area contributed by atoms with Crippen molar-refractivity contribution in [3.05, 3.63) is 24.3 Å². The number of fused-ring (bicyclic) bond motifs is 5. The van der Waals surface area contributed by atoms with Crippen LogP contribution in [0.1, 0.15) is 97.8 Å². The van der Waals surface area contributed by atoms with Crippen molar-refractivity contribution >= 4 is 18.3 Å². The highest BCUT2D eigenvalue weighted by Crippen LogP contribution is 2.68. The van der Waals surface area contributed by atoms with E-state index in [0.717, 1.165) is 44.2 Å². The van der Waals surface area contributed by atoms with Gasteiger partial charge in [-0.15, -0.1) is 5.46 Å². The lowest BCUT2D eigenvalue weighted by Crippen LogP contribution is -2.58. The summed E-state index contributed by atoms with van der Waals surface area (Å²) in [5, 5.41) is 21.9. The number of aliphatic hydroxyl groups is 2. The number of rotatable bonds is 7. The highest BCUT2D eigenvalue weighted by Gasteiger charge is 2.62. The minimum Gasteiger partial charge on any atom is -0.490 e. The lowest BCUT2D eigenvalue weighted by Gasteiger charge is -2.62. The maximum Gasteiger partial charge on any atom is 0.509 e. The number of hydrogen-bond donors (Lipinski definition) is 2. The maximum absolute atomic E-state index is 13.2. The monoisotopic (exact) mass is 618 g/mol. The Kier molecular flexibility index (Phi) is 8.88. The number of halogens is 3. The van der Waals surface area contributed by atoms with Gasteiger partial charge in [-0.2, -0.15) is 0 Å². The summed E-state index contributed by atoms with van der Waals surface area (Å²) in [4.78, 5) is 15.2. The topological polar surface area (TPSA) is 70.0 Å². The standard InChI is InChI=1S/C35H52BF3NO4/c1-22(4-11-32(43)40-18-14-27(15-19-40)44-26-7-5-24(6-8-26)36(37,38)39)28-9-10-29-33-30(13-17-35(28,29)3)34(2)16-12-25(41)20-23(34)21-31(33)42/h5-8,22-23,25,27-31,33,41-42H,4,9-21H2,1-3H3/q-1/t22-,23+,25-,28-,29+,30+,31?,33?,34+,35-/m1/s1. The van der Waals surface area contributed by atoms with Gasteiger partial charge in [0, 0.05) is 32.4 Å². The van der Waals surface area contributed by atoms with E-state index >= 15 is 0 Å². The van der Waals surface area contributed by atoms with Crippen LogP contribution in [0.2, 0.25) is 0 Å². The van der Waals surface area contributed by atoms with Gasteiger partial charge in [0.05, 0.1) is 12.2 Å². The molecule has 1 amide bonds. The third kappa shape index (κ3) is 5.94. The third-order valence-electron chi connectivity index (χ3n) is 13.6. The van der Waals surface area contributed by atoms with Gasteiger partial charge in [-0.3, -0.25) is 4.79 Å². The Bertz CT molecular complexity index is 1170. The molecule has 6 rings (SSSR count). The summed E-state index contributed by atoms with van der Waals surface area (Å²) in [5.74, 6) is 3.51. The molecule has 0 bridgehead atoms. The van der Waals surface area contributed by atoms with Crippen molar-refractivity contribution in [2.24, 2.45) is 46.3 Å². The van der Waals surface area contributed by atoms with E-state index < -0.39 is 12.4 Å². The van der Waals surface area contributed by atoms with Gasteiger partial charge >= 0.3 is 6.98 Å². The Balaban J connectivity index is 0.996. The van der Waals surface area contributed by atoms with E-state index in [-0.39, 0.29) is 35.0 Å². The molecule has 5 nitrogen and oxygen atoms in total. The summed E-state index contributed by atoms with van der Waals surface area (Å²) in [7, 11) is 0. The molecule has 0 radical (unpaired) electrons. The normalized spacial score (nSPS) is 40.1. The number of amides is 1. The predicted octanol–water partition coefficient (Wildman–Crippen LogP) is 6.52. The van der Waals surface area contributed by atoms with Crippen LogP contribution in [0.4, 0.5) is 12.9 Å². The van der Waals surface area contributed by atoms with Crippen LogP contribution >= 0.6 is 0 Å². The minimum atomic E-state index is -5.01. The van der Waals surface area contributed by atoms with Crippen LogP contribution in [0, 0.1) is 46.3 Å². The first-order valence-corrected chi connectivity index (χ1v) is 17.4. The summed E-state index contributed by atoms with van der Waals surface area (Å²) < 4.78 is 44.7. The third-order valence-corrected chi connectivity index (χ3v) is 13.6. The van der Waals surface area contributed by atoms with E-state index in [1.54, 1.807) is 0 Å². The van der Waals surface area contributed by atoms with Gasteiger partial charge in [0.1, 0.15) is 11.9 Å². The Labute approximate surface area is 261 Å². The Hall–Kier alpha value is -1.74. The van der Waals surface area contributed by atoms with Gasteiger partial charge in [-0.25, -0.2) is 0 Å². The predicted molar refractivity (Wildman–Crippen MR) is 166 cm³/mol. The number of aliphatic hydroxyl groups excluding tert-OH is 2. The van der Waals surface area contributed by atoms with Gasteiger partial charge in [0.2, 0.25) is 5.91 Å². The molecule has 5 fully saturated rings. The molecule has 1 saturated heterocycles. The molecule has 0 aromatic heterocycles. The van der Waals surface area contributed by atoms with E-state index in [4.69, 9.17) is 4.74 Å². The lowest BCUT2D eigenvalue weighted by atomic mass is 9.43. The highest BCUT2D eigenvalue weighted by atomic mass is 19.4. The van der Waals surface area contributed by atoms with Crippen molar-refractivity contribution in [2.75, 3.05) is 13.1 Å². The fourth-order valence-corrected chi connectivity index (χ4v) is 11.1. The highest BCUT2D eigenvalue weighted by molar-refractivity contribution is 6.73. The van der Waals surface area contributed by atoms with Crippen molar-refractivity contribution in [1.82, 2.24) is 4.90 Å². The maximum atomic E-state index is 13.2. The number of carbonyl (C=O) groups excluding carboxylic acids is 1. The average Bonchev–Trinajstić information content (AvgIpc) is 3.34. The van der Waals surface area contributed by atoms with E-state index in [1.807, 2.05) is 4.90 Å². The molecule has 1 aliphatic heterocycles. The first-order chi connectivity index (χ1) is 20.8. The molecule has 4 saturated carbocycles. The zero-order valence-electron chi connectivity index (χ0n) is 26.8. The zero-order valence-corrected chi connectivity index (χ0v) is 26.8. The van der Waals surface area contributed by atoms with Crippen LogP contribution in [-0.2, 0) is 4.79 Å². The fourth-order valence-electron chi connectivity index (χ4n) is 11.1. The summed E-state index contributed by atoms with van der Waals surface area (Å²) >= 11 is 0. The smallest absolute Gasteiger partial charge is 0.490 e. The molecule has 4 aliphatic carbocycles. The molecule has 2 N–H and O–H groups in total. The molecule has 0 spiro atoms. The molecular formula is C35H52BF3NO4-. The summed E-state index contributed by atoms with van der Waals surface area (Å²) in [5.41, 5.74) is -0.184. The number of carbonyl (C=O) groups is 1. The first kappa shape index (κ1) is 32.2. The van der Waals surface area contributed by atoms with Gasteiger partial charge in [-0.1, -0.05) is 32.9 Å². The molecular weight excluding hydrogens is 566 g/mol. The van der Waals surface area contributed by atoms with Crippen molar-refractivity contribution in [3.8, 4) is 5.75 Å². The fraction of sp³-hybridized carbons (Fsp3) is 0.800. The molecule has 1 heterocycles. The van der Waals surface area contributed by atoms with Crippen LogP contribution in [0.25, 0.3) is 0 Å². The van der Waals surface area contributed by atoms with Crippen molar-refractivity contribution in [1.29, 1.82) is 0 Å². The summed E-state index contributed by atoms with van der Waals surface area (Å²) in [6, 6.07) is 4.92. The quantitative estimate of drug-likeness (QED) is 0.342. The number of nitrogens with zero attached hydrogens (tertiary/aromatic N) is 1. The number of piperidine rings is 1. The van der Waals surface area contributed by atoms with Crippen molar-refractivity contribution in [2.45, 2.75) is 116 Å². The molecule has 5 aliphatic rings. The van der Waals surface area contributed by atoms with Crippen molar-refractivity contribution in [3.63, 3.8) is 0 Å². The van der Waals surface area contributed by atoms with Crippen LogP contribution in [0.3, 0.4) is 0 Å². The molecule has 10 atom stereocenters. The van der Waals surface area contributed by atoms with E-state index in [2.05, 4.69) is 20.8 Å². The average molecular weight is 619 g/mol. The summed E-state index contributed by atoms with van der Waals surface area (Å²) in [6.45, 7) is 3.49. The second-order valence-electron chi connectivity index (χ2n) is 15.8. The molecule has 44 heavy (non-hydrogen) atoms. The minimum absolute atomic E-state index is 0.0999. The molecule has 2 unspecified atom stereocenters. The SMILES string of the molecule is C[C@H](CCC(=O)N1CCC(Oc2ccc([B-](F)(F)F)cc2)CC1)[C@H]1CC[C@H]2C3C(O)C[C@@H]4C[C@H](O)CC[C@]4(C)[C@H]3CC[C@]12C. The molecule has 246 valence electrons. The van der Waals surface area contributed by atoms with Crippen molar-refractivity contribution < 1.29 is 32.7 Å². The first-order valence-electron chi connectivity index (χ1n) is 17.4. The van der Waals surface area contributed by atoms with E-state index in [0.29, 0.717) is 73.6 Å².